The molecule has 4 nitrogen and oxygen atoms in total. The van der Waals surface area contributed by atoms with Gasteiger partial charge in [-0.3, -0.25) is 4.98 Å². The van der Waals surface area contributed by atoms with Crippen molar-refractivity contribution in [3.8, 4) is 11.4 Å². The lowest BCUT2D eigenvalue weighted by Crippen LogP contribution is -1.98. The number of pyridine rings is 1. The van der Waals surface area contributed by atoms with Gasteiger partial charge in [-0.1, -0.05) is 12.1 Å². The zero-order valence-corrected chi connectivity index (χ0v) is 10.5. The van der Waals surface area contributed by atoms with Gasteiger partial charge in [-0.2, -0.15) is 0 Å². The monoisotopic (exact) mass is 250 g/mol. The summed E-state index contributed by atoms with van der Waals surface area (Å²) in [5, 5.41) is 0. The largest absolute Gasteiger partial charge is 0.397 e. The highest BCUT2D eigenvalue weighted by molar-refractivity contribution is 5.90. The molecule has 2 heterocycles. The Kier molecular flexibility index (Phi) is 2.76. The van der Waals surface area contributed by atoms with E-state index in [0.717, 1.165) is 22.4 Å². The third-order valence-electron chi connectivity index (χ3n) is 3.06. The number of anilines is 1. The molecule has 0 aliphatic rings. The van der Waals surface area contributed by atoms with Gasteiger partial charge in [0.15, 0.2) is 0 Å². The summed E-state index contributed by atoms with van der Waals surface area (Å²) in [7, 11) is 0. The Labute approximate surface area is 111 Å². The summed E-state index contributed by atoms with van der Waals surface area (Å²) in [5.74, 6) is 0.884. The molecule has 0 saturated heterocycles. The number of para-hydroxylation sites is 1. The fourth-order valence-electron chi connectivity index (χ4n) is 2.20. The van der Waals surface area contributed by atoms with Gasteiger partial charge in [0, 0.05) is 24.5 Å². The van der Waals surface area contributed by atoms with E-state index in [0.29, 0.717) is 12.2 Å². The summed E-state index contributed by atoms with van der Waals surface area (Å²) >= 11 is 0. The molecule has 2 aromatic heterocycles. The summed E-state index contributed by atoms with van der Waals surface area (Å²) in [5.41, 5.74) is 9.56. The second-order valence-electron chi connectivity index (χ2n) is 4.29. The number of imidazole rings is 1. The van der Waals surface area contributed by atoms with Crippen LogP contribution in [0.15, 0.2) is 55.4 Å². The number of benzene rings is 1. The Morgan fingerprint density at radius 3 is 2.74 bits per heavy atom. The summed E-state index contributed by atoms with van der Waals surface area (Å²) in [4.78, 5) is 8.70. The van der Waals surface area contributed by atoms with Crippen molar-refractivity contribution in [2.75, 3.05) is 5.73 Å². The predicted octanol–water partition coefficient (Wildman–Crippen LogP) is 2.87. The van der Waals surface area contributed by atoms with Crippen molar-refractivity contribution in [2.24, 2.45) is 0 Å². The number of hydrogen-bond acceptors (Lipinski definition) is 3. The second-order valence-corrected chi connectivity index (χ2v) is 4.29. The molecule has 0 aliphatic carbocycles. The molecule has 0 radical (unpaired) electrons. The molecule has 3 rings (SSSR count). The minimum Gasteiger partial charge on any atom is -0.397 e. The van der Waals surface area contributed by atoms with Crippen molar-refractivity contribution in [1.29, 1.82) is 0 Å². The van der Waals surface area contributed by atoms with Crippen LogP contribution in [-0.2, 0) is 6.54 Å². The second kappa shape index (κ2) is 4.57. The molecule has 4 heteroatoms. The Hall–Kier alpha value is -2.62. The van der Waals surface area contributed by atoms with Crippen LogP contribution < -0.4 is 5.73 Å². The van der Waals surface area contributed by atoms with Gasteiger partial charge in [0.05, 0.1) is 11.2 Å². The summed E-state index contributed by atoms with van der Waals surface area (Å²) < 4.78 is 2.11. The highest BCUT2D eigenvalue weighted by atomic mass is 15.1. The smallest absolute Gasteiger partial charge is 0.141 e. The van der Waals surface area contributed by atoms with E-state index in [9.17, 15) is 0 Å². The van der Waals surface area contributed by atoms with Crippen LogP contribution in [0.5, 0.6) is 0 Å². The van der Waals surface area contributed by atoms with E-state index in [4.69, 9.17) is 5.73 Å². The van der Waals surface area contributed by atoms with Crippen molar-refractivity contribution in [2.45, 2.75) is 6.54 Å². The van der Waals surface area contributed by atoms with E-state index in [-0.39, 0.29) is 0 Å². The van der Waals surface area contributed by atoms with Gasteiger partial charge in [0.2, 0.25) is 0 Å². The normalized spacial score (nSPS) is 10.7. The van der Waals surface area contributed by atoms with Gasteiger partial charge < -0.3 is 10.3 Å². The molecule has 3 aromatic rings. The highest BCUT2D eigenvalue weighted by Crippen LogP contribution is 2.27. The van der Waals surface area contributed by atoms with Crippen molar-refractivity contribution in [1.82, 2.24) is 14.5 Å². The fraction of sp³-hybridized carbons (Fsp3) is 0.0667. The first kappa shape index (κ1) is 11.5. The van der Waals surface area contributed by atoms with Crippen molar-refractivity contribution >= 4 is 16.7 Å². The Morgan fingerprint density at radius 1 is 1.21 bits per heavy atom. The minimum absolute atomic E-state index is 0.690. The maximum atomic E-state index is 6.00. The number of rotatable bonds is 3. The molecule has 0 atom stereocenters. The van der Waals surface area contributed by atoms with Crippen LogP contribution in [0.2, 0.25) is 0 Å². The molecule has 19 heavy (non-hydrogen) atoms. The van der Waals surface area contributed by atoms with Crippen LogP contribution in [0.1, 0.15) is 0 Å². The van der Waals surface area contributed by atoms with Gasteiger partial charge in [-0.15, -0.1) is 6.58 Å². The standard InChI is InChI=1S/C15H14N4/c1-2-10-19-13-5-3-4-12(16)14(13)18-15(19)11-6-8-17-9-7-11/h2-9H,1,10,16H2. The SMILES string of the molecule is C=CCn1c(-c2ccncc2)nc2c(N)cccc21. The van der Waals surface area contributed by atoms with E-state index in [2.05, 4.69) is 21.1 Å². The average Bonchev–Trinajstić information content (AvgIpc) is 2.81. The number of nitrogens with zero attached hydrogens (tertiary/aromatic N) is 3. The molecule has 0 unspecified atom stereocenters. The quantitative estimate of drug-likeness (QED) is 0.574. The number of nitrogens with two attached hydrogens (primary N) is 1. The van der Waals surface area contributed by atoms with Gasteiger partial charge in [0.1, 0.15) is 11.3 Å². The van der Waals surface area contributed by atoms with Gasteiger partial charge >= 0.3 is 0 Å². The van der Waals surface area contributed by atoms with Crippen LogP contribution >= 0.6 is 0 Å². The number of nitrogen functional groups attached to an aromatic ring is 1. The van der Waals surface area contributed by atoms with E-state index in [1.807, 2.05) is 36.4 Å². The first-order valence-corrected chi connectivity index (χ1v) is 6.07. The third kappa shape index (κ3) is 1.87. The predicted molar refractivity (Wildman–Crippen MR) is 77.6 cm³/mol. The van der Waals surface area contributed by atoms with Gasteiger partial charge in [-0.05, 0) is 24.3 Å². The third-order valence-corrected chi connectivity index (χ3v) is 3.06. The first-order chi connectivity index (χ1) is 9.31. The molecule has 0 spiro atoms. The molecule has 94 valence electrons. The van der Waals surface area contributed by atoms with Gasteiger partial charge in [0.25, 0.3) is 0 Å². The van der Waals surface area contributed by atoms with Crippen LogP contribution in [0.3, 0.4) is 0 Å². The highest BCUT2D eigenvalue weighted by Gasteiger charge is 2.12. The van der Waals surface area contributed by atoms with Crippen molar-refractivity contribution in [3.05, 3.63) is 55.4 Å². The van der Waals surface area contributed by atoms with Gasteiger partial charge in [-0.25, -0.2) is 4.98 Å². The van der Waals surface area contributed by atoms with Crippen molar-refractivity contribution < 1.29 is 0 Å². The van der Waals surface area contributed by atoms with Crippen molar-refractivity contribution in [3.63, 3.8) is 0 Å². The van der Waals surface area contributed by atoms with Crippen LogP contribution in [0, 0.1) is 0 Å². The summed E-state index contributed by atoms with van der Waals surface area (Å²) in [6, 6.07) is 9.71. The Bertz CT molecular complexity index is 728. The number of aromatic nitrogens is 3. The molecule has 0 aliphatic heterocycles. The zero-order valence-electron chi connectivity index (χ0n) is 10.5. The van der Waals surface area contributed by atoms with E-state index >= 15 is 0 Å². The summed E-state index contributed by atoms with van der Waals surface area (Å²) in [6.07, 6.45) is 5.38. The molecule has 2 N–H and O–H groups in total. The van der Waals surface area contributed by atoms with Crippen LogP contribution in [0.4, 0.5) is 5.69 Å². The molecule has 0 bridgehead atoms. The maximum Gasteiger partial charge on any atom is 0.141 e. The molecule has 0 amide bonds. The number of allylic oxidation sites excluding steroid dienone is 1. The number of fused-ring (bicyclic) bond motifs is 1. The van der Waals surface area contributed by atoms with Crippen LogP contribution in [-0.4, -0.2) is 14.5 Å². The van der Waals surface area contributed by atoms with Crippen LogP contribution in [0.25, 0.3) is 22.4 Å². The number of hydrogen-bond donors (Lipinski definition) is 1. The zero-order chi connectivity index (χ0) is 13.2. The molecule has 0 fully saturated rings. The van der Waals surface area contributed by atoms with E-state index < -0.39 is 0 Å². The molecule has 1 aromatic carbocycles. The molecular formula is C15H14N4. The topological polar surface area (TPSA) is 56.7 Å². The fourth-order valence-corrected chi connectivity index (χ4v) is 2.20. The molecular weight excluding hydrogens is 236 g/mol. The lowest BCUT2D eigenvalue weighted by Gasteiger charge is -2.06. The maximum absolute atomic E-state index is 6.00. The summed E-state index contributed by atoms with van der Waals surface area (Å²) in [6.45, 7) is 4.50. The van der Waals surface area contributed by atoms with E-state index in [1.54, 1.807) is 12.4 Å². The Balaban J connectivity index is 2.32. The molecule has 0 saturated carbocycles. The minimum atomic E-state index is 0.690. The lowest BCUT2D eigenvalue weighted by atomic mass is 10.2. The lowest BCUT2D eigenvalue weighted by molar-refractivity contribution is 0.861. The Morgan fingerprint density at radius 2 is 2.00 bits per heavy atom. The average molecular weight is 250 g/mol. The van der Waals surface area contributed by atoms with E-state index in [1.165, 1.54) is 0 Å². The first-order valence-electron chi connectivity index (χ1n) is 6.07.